The van der Waals surface area contributed by atoms with Crippen molar-refractivity contribution in [2.24, 2.45) is 5.73 Å². The van der Waals surface area contributed by atoms with E-state index in [1.807, 2.05) is 0 Å². The first-order valence-electron chi connectivity index (χ1n) is 4.98. The van der Waals surface area contributed by atoms with Crippen LogP contribution >= 0.6 is 0 Å². The third-order valence-electron chi connectivity index (χ3n) is 2.36. The Hall–Kier alpha value is -1.46. The maximum Gasteiger partial charge on any atom is 0.124 e. The van der Waals surface area contributed by atoms with Crippen molar-refractivity contribution in [1.29, 1.82) is 5.41 Å². The number of hydrogen-bond donors (Lipinski definition) is 2. The van der Waals surface area contributed by atoms with Crippen molar-refractivity contribution in [2.45, 2.75) is 12.7 Å². The molecule has 0 aliphatic carbocycles. The molecule has 0 saturated carbocycles. The second-order valence-corrected chi connectivity index (χ2v) is 3.73. The molecular weight excluding hydrogens is 211 g/mol. The number of hydrogen-bond acceptors (Lipinski definition) is 3. The predicted octanol–water partition coefficient (Wildman–Crippen LogP) is 1.03. The molecule has 0 atom stereocenters. The zero-order chi connectivity index (χ0) is 11.5. The van der Waals surface area contributed by atoms with Crippen LogP contribution in [0, 0.1) is 11.2 Å². The van der Waals surface area contributed by atoms with E-state index in [4.69, 9.17) is 20.6 Å². The summed E-state index contributed by atoms with van der Waals surface area (Å²) in [7, 11) is 0. The summed E-state index contributed by atoms with van der Waals surface area (Å²) in [5.74, 6) is -0.552. The summed E-state index contributed by atoms with van der Waals surface area (Å²) >= 11 is 0. The highest BCUT2D eigenvalue weighted by molar-refractivity contribution is 5.95. The maximum atomic E-state index is 13.2. The fourth-order valence-corrected chi connectivity index (χ4v) is 1.41. The number of ether oxygens (including phenoxy) is 2. The number of amidine groups is 1. The van der Waals surface area contributed by atoms with E-state index in [-0.39, 0.29) is 11.9 Å². The van der Waals surface area contributed by atoms with Crippen LogP contribution < -0.4 is 5.73 Å². The number of nitrogens with one attached hydrogen (secondary N) is 1. The molecule has 5 heteroatoms. The zero-order valence-corrected chi connectivity index (χ0v) is 8.70. The topological polar surface area (TPSA) is 68.3 Å². The van der Waals surface area contributed by atoms with Gasteiger partial charge in [-0.25, -0.2) is 4.39 Å². The average molecular weight is 224 g/mol. The third-order valence-corrected chi connectivity index (χ3v) is 2.36. The quantitative estimate of drug-likeness (QED) is 0.592. The Kier molecular flexibility index (Phi) is 3.17. The largest absolute Gasteiger partial charge is 0.384 e. The lowest BCUT2D eigenvalue weighted by Crippen LogP contribution is -2.35. The van der Waals surface area contributed by atoms with Crippen molar-refractivity contribution < 1.29 is 13.9 Å². The Labute approximate surface area is 92.7 Å². The summed E-state index contributed by atoms with van der Waals surface area (Å²) < 4.78 is 23.6. The van der Waals surface area contributed by atoms with E-state index in [0.717, 1.165) is 0 Å². The summed E-state index contributed by atoms with van der Waals surface area (Å²) in [6.45, 7) is 1.50. The van der Waals surface area contributed by atoms with Gasteiger partial charge in [-0.05, 0) is 23.8 Å². The summed E-state index contributed by atoms with van der Waals surface area (Å²) in [6, 6.07) is 4.27. The zero-order valence-electron chi connectivity index (χ0n) is 8.70. The minimum Gasteiger partial charge on any atom is -0.384 e. The van der Waals surface area contributed by atoms with Gasteiger partial charge in [-0.2, -0.15) is 0 Å². The Morgan fingerprint density at radius 2 is 2.25 bits per heavy atom. The molecule has 1 aromatic carbocycles. The van der Waals surface area contributed by atoms with E-state index < -0.39 is 5.82 Å². The fourth-order valence-electron chi connectivity index (χ4n) is 1.41. The molecular formula is C11H13FN2O2. The van der Waals surface area contributed by atoms with Crippen LogP contribution in [0.15, 0.2) is 18.2 Å². The summed E-state index contributed by atoms with van der Waals surface area (Å²) in [5.41, 5.74) is 6.36. The molecule has 4 nitrogen and oxygen atoms in total. The third kappa shape index (κ3) is 2.56. The normalized spacial score (nSPS) is 15.8. The van der Waals surface area contributed by atoms with E-state index in [1.54, 1.807) is 6.07 Å². The Morgan fingerprint density at radius 1 is 1.50 bits per heavy atom. The first kappa shape index (κ1) is 11.0. The predicted molar refractivity (Wildman–Crippen MR) is 56.8 cm³/mol. The lowest BCUT2D eigenvalue weighted by atomic mass is 10.1. The number of halogens is 1. The second kappa shape index (κ2) is 4.59. The van der Waals surface area contributed by atoms with Gasteiger partial charge >= 0.3 is 0 Å². The molecule has 1 aliphatic heterocycles. The molecule has 2 rings (SSSR count). The van der Waals surface area contributed by atoms with Crippen LogP contribution in [0.1, 0.15) is 11.1 Å². The number of nitrogens with two attached hydrogens (primary N) is 1. The van der Waals surface area contributed by atoms with Gasteiger partial charge in [-0.1, -0.05) is 0 Å². The molecule has 3 N–H and O–H groups in total. The SMILES string of the molecule is N=C(N)c1cc(F)cc(COC2COC2)c1. The van der Waals surface area contributed by atoms with Crippen molar-refractivity contribution >= 4 is 5.84 Å². The molecule has 0 radical (unpaired) electrons. The molecule has 0 bridgehead atoms. The van der Waals surface area contributed by atoms with Crippen molar-refractivity contribution in [3.05, 3.63) is 35.1 Å². The van der Waals surface area contributed by atoms with Gasteiger partial charge in [0.15, 0.2) is 0 Å². The van der Waals surface area contributed by atoms with Crippen molar-refractivity contribution in [1.82, 2.24) is 0 Å². The minimum atomic E-state index is -0.406. The second-order valence-electron chi connectivity index (χ2n) is 3.73. The molecule has 0 spiro atoms. The Bertz CT molecular complexity index is 405. The highest BCUT2D eigenvalue weighted by Crippen LogP contribution is 2.13. The van der Waals surface area contributed by atoms with Crippen LogP contribution in [0.5, 0.6) is 0 Å². The molecule has 0 amide bonds. The van der Waals surface area contributed by atoms with Gasteiger partial charge in [0.25, 0.3) is 0 Å². The maximum absolute atomic E-state index is 13.2. The molecule has 86 valence electrons. The van der Waals surface area contributed by atoms with Crippen molar-refractivity contribution in [3.8, 4) is 0 Å². The van der Waals surface area contributed by atoms with Gasteiger partial charge in [0.1, 0.15) is 17.8 Å². The monoisotopic (exact) mass is 224 g/mol. The summed E-state index contributed by atoms with van der Waals surface area (Å²) in [6.07, 6.45) is 0.101. The highest BCUT2D eigenvalue weighted by Gasteiger charge is 2.18. The first-order chi connectivity index (χ1) is 7.65. The number of nitrogen functional groups attached to an aromatic ring is 1. The van der Waals surface area contributed by atoms with Gasteiger partial charge in [-0.3, -0.25) is 5.41 Å². The number of benzene rings is 1. The first-order valence-corrected chi connectivity index (χ1v) is 4.98. The Balaban J connectivity index is 2.04. The molecule has 1 heterocycles. The van der Waals surface area contributed by atoms with E-state index in [0.29, 0.717) is 30.9 Å². The van der Waals surface area contributed by atoms with Crippen LogP contribution in [0.2, 0.25) is 0 Å². The number of rotatable bonds is 4. The minimum absolute atomic E-state index is 0.101. The lowest BCUT2D eigenvalue weighted by molar-refractivity contribution is -0.135. The smallest absolute Gasteiger partial charge is 0.124 e. The van der Waals surface area contributed by atoms with Crippen LogP contribution in [-0.2, 0) is 16.1 Å². The van der Waals surface area contributed by atoms with Gasteiger partial charge in [0.05, 0.1) is 19.8 Å². The molecule has 1 aromatic rings. The van der Waals surface area contributed by atoms with E-state index in [2.05, 4.69) is 0 Å². The van der Waals surface area contributed by atoms with Gasteiger partial charge in [0.2, 0.25) is 0 Å². The van der Waals surface area contributed by atoms with E-state index in [1.165, 1.54) is 12.1 Å². The van der Waals surface area contributed by atoms with E-state index >= 15 is 0 Å². The molecule has 0 unspecified atom stereocenters. The summed E-state index contributed by atoms with van der Waals surface area (Å²) in [5, 5.41) is 7.24. The molecule has 1 fully saturated rings. The molecule has 0 aromatic heterocycles. The Morgan fingerprint density at radius 3 is 2.81 bits per heavy atom. The standard InChI is InChI=1S/C11H13FN2O2/c12-9-2-7(1-8(3-9)11(13)14)4-16-10-5-15-6-10/h1-3,10H,4-6H2,(H3,13,14). The van der Waals surface area contributed by atoms with Crippen molar-refractivity contribution in [3.63, 3.8) is 0 Å². The van der Waals surface area contributed by atoms with Crippen LogP contribution in [-0.4, -0.2) is 25.2 Å². The van der Waals surface area contributed by atoms with Crippen LogP contribution in [0.3, 0.4) is 0 Å². The lowest BCUT2D eigenvalue weighted by Gasteiger charge is -2.26. The van der Waals surface area contributed by atoms with Crippen molar-refractivity contribution in [2.75, 3.05) is 13.2 Å². The van der Waals surface area contributed by atoms with Crippen LogP contribution in [0.25, 0.3) is 0 Å². The average Bonchev–Trinajstić information content (AvgIpc) is 2.14. The summed E-state index contributed by atoms with van der Waals surface area (Å²) in [4.78, 5) is 0. The molecule has 1 aliphatic rings. The fraction of sp³-hybridized carbons (Fsp3) is 0.364. The van der Waals surface area contributed by atoms with Crippen LogP contribution in [0.4, 0.5) is 4.39 Å². The van der Waals surface area contributed by atoms with Gasteiger partial charge < -0.3 is 15.2 Å². The van der Waals surface area contributed by atoms with E-state index in [9.17, 15) is 4.39 Å². The van der Waals surface area contributed by atoms with Gasteiger partial charge in [0, 0.05) is 5.56 Å². The molecule has 16 heavy (non-hydrogen) atoms. The van der Waals surface area contributed by atoms with Gasteiger partial charge in [-0.15, -0.1) is 0 Å². The molecule has 1 saturated heterocycles. The highest BCUT2D eigenvalue weighted by atomic mass is 19.1.